The average Bonchev–Trinajstić information content (AvgIpc) is 3.19. The van der Waals surface area contributed by atoms with E-state index in [-0.39, 0.29) is 18.9 Å². The largest absolute Gasteiger partial charge is 0.416 e. The average molecular weight is 503 g/mol. The van der Waals surface area contributed by atoms with Crippen LogP contribution in [0.1, 0.15) is 23.2 Å². The molecular weight excluding hydrogens is 486 g/mol. The van der Waals surface area contributed by atoms with E-state index in [4.69, 9.17) is 0 Å². The van der Waals surface area contributed by atoms with Crippen LogP contribution in [0.25, 0.3) is 0 Å². The molecule has 1 amide bonds. The van der Waals surface area contributed by atoms with Gasteiger partial charge in [0.2, 0.25) is 5.91 Å². The van der Waals surface area contributed by atoms with Crippen LogP contribution in [-0.2, 0) is 24.1 Å². The van der Waals surface area contributed by atoms with E-state index >= 15 is 0 Å². The Balaban J connectivity index is 1.56. The minimum Gasteiger partial charge on any atom is -0.323 e. The molecule has 6 nitrogen and oxygen atoms in total. The van der Waals surface area contributed by atoms with Crippen LogP contribution in [0, 0.1) is 10.5 Å². The predicted molar refractivity (Wildman–Crippen MR) is 106 cm³/mol. The number of benzene rings is 1. The second-order valence-corrected chi connectivity index (χ2v) is 7.41. The third-order valence-corrected chi connectivity index (χ3v) is 5.03. The molecule has 0 unspecified atom stereocenters. The molecule has 0 spiro atoms. The summed E-state index contributed by atoms with van der Waals surface area (Å²) >= 11 is 2.18. The van der Waals surface area contributed by atoms with Crippen LogP contribution >= 0.6 is 22.6 Å². The number of halogens is 4. The highest BCUT2D eigenvalue weighted by molar-refractivity contribution is 14.1. The molecule has 0 atom stereocenters. The SMILES string of the molecule is Cc1nn(CCC(=O)Nc2cnn(Cc3cccc(C(F)(F)F)c3)c2)cc1I. The van der Waals surface area contributed by atoms with Crippen molar-refractivity contribution in [2.75, 3.05) is 5.32 Å². The summed E-state index contributed by atoms with van der Waals surface area (Å²) in [4.78, 5) is 12.1. The lowest BCUT2D eigenvalue weighted by molar-refractivity contribution is -0.137. The van der Waals surface area contributed by atoms with Crippen LogP contribution in [0.4, 0.5) is 18.9 Å². The highest BCUT2D eigenvalue weighted by atomic mass is 127. The van der Waals surface area contributed by atoms with E-state index < -0.39 is 11.7 Å². The van der Waals surface area contributed by atoms with Crippen molar-refractivity contribution in [2.45, 2.75) is 32.6 Å². The molecule has 2 heterocycles. The van der Waals surface area contributed by atoms with Gasteiger partial charge >= 0.3 is 6.18 Å². The Morgan fingerprint density at radius 2 is 2.04 bits per heavy atom. The maximum atomic E-state index is 12.8. The van der Waals surface area contributed by atoms with Gasteiger partial charge in [0.15, 0.2) is 0 Å². The van der Waals surface area contributed by atoms with E-state index in [2.05, 4.69) is 38.1 Å². The number of carbonyl (C=O) groups excluding carboxylic acids is 1. The summed E-state index contributed by atoms with van der Waals surface area (Å²) < 4.78 is 42.6. The number of nitrogens with zero attached hydrogens (tertiary/aromatic N) is 4. The predicted octanol–water partition coefficient (Wildman–Crippen LogP) is 4.09. The first-order valence-electron chi connectivity index (χ1n) is 8.39. The van der Waals surface area contributed by atoms with Gasteiger partial charge in [0.1, 0.15) is 0 Å². The number of aryl methyl sites for hydroxylation is 2. The highest BCUT2D eigenvalue weighted by Crippen LogP contribution is 2.29. The molecular formula is C18H17F3IN5O. The third kappa shape index (κ3) is 5.33. The summed E-state index contributed by atoms with van der Waals surface area (Å²) in [5.41, 5.74) is 1.17. The lowest BCUT2D eigenvalue weighted by atomic mass is 10.1. The van der Waals surface area contributed by atoms with Crippen molar-refractivity contribution >= 4 is 34.2 Å². The van der Waals surface area contributed by atoms with Crippen LogP contribution in [0.2, 0.25) is 0 Å². The van der Waals surface area contributed by atoms with Crippen molar-refractivity contribution in [3.63, 3.8) is 0 Å². The van der Waals surface area contributed by atoms with Crippen molar-refractivity contribution in [1.82, 2.24) is 19.6 Å². The summed E-state index contributed by atoms with van der Waals surface area (Å²) in [5.74, 6) is -0.193. The van der Waals surface area contributed by atoms with Crippen molar-refractivity contribution in [2.24, 2.45) is 0 Å². The zero-order valence-electron chi connectivity index (χ0n) is 14.9. The number of hydrogen-bond donors (Lipinski definition) is 1. The van der Waals surface area contributed by atoms with Crippen molar-refractivity contribution in [3.8, 4) is 0 Å². The first kappa shape index (κ1) is 20.4. The molecule has 0 radical (unpaired) electrons. The molecule has 0 aliphatic carbocycles. The number of hydrogen-bond acceptors (Lipinski definition) is 3. The maximum absolute atomic E-state index is 12.8. The smallest absolute Gasteiger partial charge is 0.323 e. The normalized spacial score (nSPS) is 11.6. The fourth-order valence-electron chi connectivity index (χ4n) is 2.60. The Bertz CT molecular complexity index is 960. The molecule has 3 aromatic rings. The fraction of sp³-hybridized carbons (Fsp3) is 0.278. The van der Waals surface area contributed by atoms with Crippen molar-refractivity contribution < 1.29 is 18.0 Å². The van der Waals surface area contributed by atoms with Gasteiger partial charge in [-0.1, -0.05) is 12.1 Å². The number of aromatic nitrogens is 4. The van der Waals surface area contributed by atoms with E-state index in [9.17, 15) is 18.0 Å². The van der Waals surface area contributed by atoms with Gasteiger partial charge in [-0.25, -0.2) is 0 Å². The van der Waals surface area contributed by atoms with Crippen molar-refractivity contribution in [3.05, 3.63) is 63.2 Å². The summed E-state index contributed by atoms with van der Waals surface area (Å²) in [5, 5.41) is 11.1. The van der Waals surface area contributed by atoms with Gasteiger partial charge in [-0.05, 0) is 47.2 Å². The minimum atomic E-state index is -4.38. The Morgan fingerprint density at radius 1 is 1.25 bits per heavy atom. The molecule has 0 aliphatic heterocycles. The lowest BCUT2D eigenvalue weighted by Crippen LogP contribution is -2.14. The number of carbonyl (C=O) groups is 1. The zero-order valence-corrected chi connectivity index (χ0v) is 17.0. The van der Waals surface area contributed by atoms with Crippen LogP contribution in [0.15, 0.2) is 42.9 Å². The number of nitrogens with one attached hydrogen (secondary N) is 1. The third-order valence-electron chi connectivity index (χ3n) is 3.97. The maximum Gasteiger partial charge on any atom is 0.416 e. The van der Waals surface area contributed by atoms with Gasteiger partial charge in [0, 0.05) is 25.4 Å². The monoisotopic (exact) mass is 503 g/mol. The van der Waals surface area contributed by atoms with E-state index in [0.717, 1.165) is 21.4 Å². The summed E-state index contributed by atoms with van der Waals surface area (Å²) in [6, 6.07) is 5.08. The molecule has 0 fully saturated rings. The summed E-state index contributed by atoms with van der Waals surface area (Å²) in [6.45, 7) is 2.52. The fourth-order valence-corrected chi connectivity index (χ4v) is 3.02. The molecule has 148 valence electrons. The number of rotatable bonds is 6. The lowest BCUT2D eigenvalue weighted by Gasteiger charge is -2.08. The van der Waals surface area contributed by atoms with Gasteiger partial charge in [0.05, 0.1) is 33.3 Å². The van der Waals surface area contributed by atoms with E-state index in [1.165, 1.54) is 16.9 Å². The molecule has 28 heavy (non-hydrogen) atoms. The van der Waals surface area contributed by atoms with Gasteiger partial charge in [0.25, 0.3) is 0 Å². The summed E-state index contributed by atoms with van der Waals surface area (Å²) in [6.07, 6.45) is 0.780. The van der Waals surface area contributed by atoms with Gasteiger partial charge in [-0.15, -0.1) is 0 Å². The van der Waals surface area contributed by atoms with Gasteiger partial charge in [-0.3, -0.25) is 14.2 Å². The Hall–Kier alpha value is -2.37. The topological polar surface area (TPSA) is 64.7 Å². The van der Waals surface area contributed by atoms with Gasteiger partial charge in [-0.2, -0.15) is 23.4 Å². The van der Waals surface area contributed by atoms with Crippen molar-refractivity contribution in [1.29, 1.82) is 0 Å². The van der Waals surface area contributed by atoms with E-state index in [1.54, 1.807) is 16.9 Å². The van der Waals surface area contributed by atoms with E-state index in [0.29, 0.717) is 17.8 Å². The zero-order chi connectivity index (χ0) is 20.3. The molecule has 0 bridgehead atoms. The van der Waals surface area contributed by atoms with Crippen LogP contribution in [0.3, 0.4) is 0 Å². The van der Waals surface area contributed by atoms with Crippen LogP contribution < -0.4 is 5.32 Å². The Kier molecular flexibility index (Phi) is 6.06. The second-order valence-electron chi connectivity index (χ2n) is 6.25. The first-order valence-corrected chi connectivity index (χ1v) is 9.46. The number of amides is 1. The quantitative estimate of drug-likeness (QED) is 0.516. The molecule has 0 aliphatic rings. The number of alkyl halides is 3. The molecule has 0 saturated heterocycles. The molecule has 3 rings (SSSR count). The minimum absolute atomic E-state index is 0.171. The highest BCUT2D eigenvalue weighted by Gasteiger charge is 2.30. The number of anilines is 1. The second kappa shape index (κ2) is 8.33. The first-order chi connectivity index (χ1) is 13.2. The summed E-state index contributed by atoms with van der Waals surface area (Å²) in [7, 11) is 0. The van der Waals surface area contributed by atoms with E-state index in [1.807, 2.05) is 13.1 Å². The van der Waals surface area contributed by atoms with Crippen LogP contribution in [-0.4, -0.2) is 25.5 Å². The molecule has 0 saturated carbocycles. The molecule has 1 aromatic carbocycles. The molecule has 2 aromatic heterocycles. The molecule has 1 N–H and O–H groups in total. The Morgan fingerprint density at radius 3 is 2.71 bits per heavy atom. The Labute approximate surface area is 172 Å². The van der Waals surface area contributed by atoms with Gasteiger partial charge < -0.3 is 5.32 Å². The standard InChI is InChI=1S/C18H17F3IN5O/c1-12-16(22)11-26(25-12)6-5-17(28)24-15-8-23-27(10-15)9-13-3-2-4-14(7-13)18(19,20)21/h2-4,7-8,10-11H,5-6,9H2,1H3,(H,24,28). The molecule has 10 heteroatoms. The van der Waals surface area contributed by atoms with Crippen LogP contribution in [0.5, 0.6) is 0 Å².